The smallest absolute Gasteiger partial charge is 0.491 e. The molecule has 0 spiro atoms. The molecule has 0 radical (unpaired) electrons. The summed E-state index contributed by atoms with van der Waals surface area (Å²) in [6.07, 6.45) is -4.48. The molecule has 0 bridgehead atoms. The van der Waals surface area contributed by atoms with Crippen molar-refractivity contribution in [2.24, 2.45) is 0 Å². The number of aliphatic hydroxyl groups excluding tert-OH is 1. The molecular formula is C13H17BrF3NO3. The van der Waals surface area contributed by atoms with Crippen LogP contribution in [0, 0.1) is 0 Å². The summed E-state index contributed by atoms with van der Waals surface area (Å²) in [7, 11) is 0. The number of hydrogen-bond acceptors (Lipinski definition) is 4. The van der Waals surface area contributed by atoms with Gasteiger partial charge >= 0.3 is 6.36 Å². The SMILES string of the molecule is CCCNCC(O)COc1ccc(OC(F)(F)F)c(Br)c1. The maximum absolute atomic E-state index is 12.1. The minimum absolute atomic E-state index is 0.0443. The molecule has 1 aromatic carbocycles. The van der Waals surface area contributed by atoms with Crippen LogP contribution in [0.3, 0.4) is 0 Å². The van der Waals surface area contributed by atoms with Crippen molar-refractivity contribution < 1.29 is 27.8 Å². The summed E-state index contributed by atoms with van der Waals surface area (Å²) in [6.45, 7) is 3.25. The summed E-state index contributed by atoms with van der Waals surface area (Å²) >= 11 is 2.98. The molecule has 1 aromatic rings. The summed E-state index contributed by atoms with van der Waals surface area (Å²) in [5.41, 5.74) is 0. The van der Waals surface area contributed by atoms with E-state index in [0.717, 1.165) is 19.0 Å². The minimum atomic E-state index is -4.74. The quantitative estimate of drug-likeness (QED) is 0.689. The number of benzene rings is 1. The van der Waals surface area contributed by atoms with E-state index in [1.165, 1.54) is 12.1 Å². The van der Waals surface area contributed by atoms with Crippen molar-refractivity contribution in [3.63, 3.8) is 0 Å². The van der Waals surface area contributed by atoms with Gasteiger partial charge in [0.25, 0.3) is 0 Å². The van der Waals surface area contributed by atoms with Crippen LogP contribution in [0.15, 0.2) is 22.7 Å². The van der Waals surface area contributed by atoms with Crippen molar-refractivity contribution in [3.05, 3.63) is 22.7 Å². The molecule has 0 saturated heterocycles. The largest absolute Gasteiger partial charge is 0.573 e. The van der Waals surface area contributed by atoms with Gasteiger partial charge in [0, 0.05) is 6.54 Å². The number of alkyl halides is 3. The topological polar surface area (TPSA) is 50.7 Å². The van der Waals surface area contributed by atoms with Gasteiger partial charge in [-0.1, -0.05) is 6.92 Å². The lowest BCUT2D eigenvalue weighted by Gasteiger charge is -2.14. The summed E-state index contributed by atoms with van der Waals surface area (Å²) in [5, 5.41) is 12.7. The second-order valence-corrected chi connectivity index (χ2v) is 5.16. The molecule has 0 aliphatic carbocycles. The molecule has 0 aliphatic heterocycles. The molecule has 0 amide bonds. The monoisotopic (exact) mass is 371 g/mol. The fourth-order valence-corrected chi connectivity index (χ4v) is 1.91. The first kappa shape index (κ1) is 18.1. The van der Waals surface area contributed by atoms with Gasteiger partial charge in [-0.2, -0.15) is 0 Å². The highest BCUT2D eigenvalue weighted by Crippen LogP contribution is 2.33. The highest BCUT2D eigenvalue weighted by Gasteiger charge is 2.32. The predicted molar refractivity (Wildman–Crippen MR) is 75.5 cm³/mol. The highest BCUT2D eigenvalue weighted by atomic mass is 79.9. The van der Waals surface area contributed by atoms with Gasteiger partial charge in [0.2, 0.25) is 0 Å². The Bertz CT molecular complexity index is 443. The number of halogens is 4. The molecule has 1 unspecified atom stereocenters. The maximum atomic E-state index is 12.1. The van der Waals surface area contributed by atoms with E-state index in [0.29, 0.717) is 12.3 Å². The number of rotatable bonds is 8. The Morgan fingerprint density at radius 3 is 2.67 bits per heavy atom. The zero-order valence-electron chi connectivity index (χ0n) is 11.4. The first-order valence-electron chi connectivity index (χ1n) is 6.38. The second-order valence-electron chi connectivity index (χ2n) is 4.31. The van der Waals surface area contributed by atoms with Crippen LogP contribution < -0.4 is 14.8 Å². The normalized spacial score (nSPS) is 13.0. The van der Waals surface area contributed by atoms with Crippen LogP contribution in [0.5, 0.6) is 11.5 Å². The maximum Gasteiger partial charge on any atom is 0.573 e. The standard InChI is InChI=1S/C13H17BrF3NO3/c1-2-5-18-7-9(19)8-20-10-3-4-12(11(14)6-10)21-13(15,16)17/h3-4,6,9,18-19H,2,5,7-8H2,1H3. The molecule has 0 heterocycles. The van der Waals surface area contributed by atoms with E-state index < -0.39 is 12.5 Å². The Hall–Kier alpha value is -0.990. The summed E-state index contributed by atoms with van der Waals surface area (Å²) in [4.78, 5) is 0. The Kier molecular flexibility index (Phi) is 7.27. The average molecular weight is 372 g/mol. The van der Waals surface area contributed by atoms with Crippen LogP contribution in [0.25, 0.3) is 0 Å². The number of hydrogen-bond donors (Lipinski definition) is 2. The van der Waals surface area contributed by atoms with Crippen molar-refractivity contribution in [3.8, 4) is 11.5 Å². The van der Waals surface area contributed by atoms with Crippen LogP contribution >= 0.6 is 15.9 Å². The lowest BCUT2D eigenvalue weighted by molar-refractivity contribution is -0.274. The zero-order valence-corrected chi connectivity index (χ0v) is 13.0. The Labute approximate surface area is 129 Å². The van der Waals surface area contributed by atoms with E-state index in [-0.39, 0.29) is 16.8 Å². The molecule has 0 fully saturated rings. The molecule has 0 aliphatic rings. The molecule has 4 nitrogen and oxygen atoms in total. The van der Waals surface area contributed by atoms with E-state index in [2.05, 4.69) is 26.0 Å². The summed E-state index contributed by atoms with van der Waals surface area (Å²) in [5.74, 6) is -0.00838. The number of aliphatic hydroxyl groups is 1. The van der Waals surface area contributed by atoms with Crippen LogP contribution in [0.1, 0.15) is 13.3 Å². The molecule has 8 heteroatoms. The molecule has 1 rings (SSSR count). The van der Waals surface area contributed by atoms with Crippen molar-refractivity contribution >= 4 is 15.9 Å². The number of nitrogens with one attached hydrogen (secondary N) is 1. The van der Waals surface area contributed by atoms with Crippen LogP contribution in [0.4, 0.5) is 13.2 Å². The van der Waals surface area contributed by atoms with Crippen molar-refractivity contribution in [2.75, 3.05) is 19.7 Å². The van der Waals surface area contributed by atoms with Crippen molar-refractivity contribution in [1.29, 1.82) is 0 Å². The second kappa shape index (κ2) is 8.45. The van der Waals surface area contributed by atoms with Gasteiger partial charge in [-0.3, -0.25) is 0 Å². The molecule has 21 heavy (non-hydrogen) atoms. The van der Waals surface area contributed by atoms with Crippen molar-refractivity contribution in [2.45, 2.75) is 25.8 Å². The van der Waals surface area contributed by atoms with E-state index in [1.54, 1.807) is 0 Å². The number of ether oxygens (including phenoxy) is 2. The first-order valence-corrected chi connectivity index (χ1v) is 7.18. The summed E-state index contributed by atoms with van der Waals surface area (Å²) < 4.78 is 45.6. The van der Waals surface area contributed by atoms with Gasteiger partial charge in [-0.15, -0.1) is 13.2 Å². The van der Waals surface area contributed by atoms with Gasteiger partial charge in [0.15, 0.2) is 0 Å². The Morgan fingerprint density at radius 1 is 1.38 bits per heavy atom. The van der Waals surface area contributed by atoms with E-state index in [9.17, 15) is 18.3 Å². The fraction of sp³-hybridized carbons (Fsp3) is 0.538. The molecule has 2 N–H and O–H groups in total. The van der Waals surface area contributed by atoms with E-state index >= 15 is 0 Å². The lowest BCUT2D eigenvalue weighted by atomic mass is 10.3. The van der Waals surface area contributed by atoms with Gasteiger partial charge in [-0.05, 0) is 47.1 Å². The van der Waals surface area contributed by atoms with Gasteiger partial charge in [0.1, 0.15) is 24.2 Å². The molecule has 0 saturated carbocycles. The zero-order chi connectivity index (χ0) is 15.9. The van der Waals surface area contributed by atoms with Crippen LogP contribution in [-0.4, -0.2) is 37.3 Å². The third-order valence-electron chi connectivity index (χ3n) is 2.38. The van der Waals surface area contributed by atoms with Gasteiger partial charge < -0.3 is 19.9 Å². The van der Waals surface area contributed by atoms with Gasteiger partial charge in [-0.25, -0.2) is 0 Å². The highest BCUT2D eigenvalue weighted by molar-refractivity contribution is 9.10. The fourth-order valence-electron chi connectivity index (χ4n) is 1.48. The molecule has 0 aromatic heterocycles. The van der Waals surface area contributed by atoms with Crippen molar-refractivity contribution in [1.82, 2.24) is 5.32 Å². The third-order valence-corrected chi connectivity index (χ3v) is 3.00. The summed E-state index contributed by atoms with van der Waals surface area (Å²) in [6, 6.07) is 3.85. The van der Waals surface area contributed by atoms with Crippen LogP contribution in [0.2, 0.25) is 0 Å². The average Bonchev–Trinajstić information content (AvgIpc) is 2.38. The first-order chi connectivity index (χ1) is 9.81. The molecular weight excluding hydrogens is 355 g/mol. The lowest BCUT2D eigenvalue weighted by Crippen LogP contribution is -2.31. The Morgan fingerprint density at radius 2 is 2.10 bits per heavy atom. The van der Waals surface area contributed by atoms with E-state index in [4.69, 9.17) is 4.74 Å². The Balaban J connectivity index is 2.48. The predicted octanol–water partition coefficient (Wildman–Crippen LogP) is 3.09. The van der Waals surface area contributed by atoms with E-state index in [1.807, 2.05) is 6.92 Å². The molecule has 1 atom stereocenters. The van der Waals surface area contributed by atoms with Gasteiger partial charge in [0.05, 0.1) is 4.47 Å². The minimum Gasteiger partial charge on any atom is -0.491 e. The molecule has 120 valence electrons. The third kappa shape index (κ3) is 7.54. The van der Waals surface area contributed by atoms with Crippen LogP contribution in [-0.2, 0) is 0 Å².